The minimum Gasteiger partial charge on any atom is -0.448 e. The van der Waals surface area contributed by atoms with Crippen molar-refractivity contribution in [3.8, 4) is 0 Å². The molecule has 1 aliphatic heterocycles. The van der Waals surface area contributed by atoms with Crippen molar-refractivity contribution in [3.63, 3.8) is 0 Å². The molecule has 0 atom stereocenters. The van der Waals surface area contributed by atoms with Crippen molar-refractivity contribution >= 4 is 62.9 Å². The van der Waals surface area contributed by atoms with Gasteiger partial charge in [0.1, 0.15) is 5.76 Å². The molecule has 37 heavy (non-hydrogen) atoms. The van der Waals surface area contributed by atoms with Crippen LogP contribution in [0.3, 0.4) is 0 Å². The van der Waals surface area contributed by atoms with Crippen LogP contribution < -0.4 is 10.3 Å². The number of fused-ring (bicyclic) bond motifs is 2. The summed E-state index contributed by atoms with van der Waals surface area (Å²) in [6.45, 7) is 0. The van der Waals surface area contributed by atoms with E-state index in [-0.39, 0.29) is 17.7 Å². The highest BCUT2D eigenvalue weighted by Gasteiger charge is 2.36. The second-order valence-electron chi connectivity index (χ2n) is 7.82. The molecule has 4 heterocycles. The molecule has 6 rings (SSSR count). The molecule has 3 amide bonds. The Morgan fingerprint density at radius 1 is 1.03 bits per heavy atom. The molecular formula is C26H15N5O4S2. The standard InChI is InChI=1S/C26H15N5O4S2/c32-23(15-4-3-11-27-13-15)30-28-14-17-8-10-22(35-17)37-26-29-20-9-7-16(12-21(20)36-26)31-24(33)18-5-1-2-6-19(18)25(31)34/h1-14H,(H,30,32)/b28-14+. The predicted octanol–water partition coefficient (Wildman–Crippen LogP) is 5.00. The number of hydrogen-bond acceptors (Lipinski definition) is 9. The average Bonchev–Trinajstić information content (AvgIpc) is 3.61. The molecule has 0 fully saturated rings. The van der Waals surface area contributed by atoms with Gasteiger partial charge in [-0.15, -0.1) is 11.3 Å². The molecule has 3 aromatic heterocycles. The lowest BCUT2D eigenvalue weighted by Gasteiger charge is -2.13. The molecule has 11 heteroatoms. The number of rotatable bonds is 6. The summed E-state index contributed by atoms with van der Waals surface area (Å²) in [6, 6.07) is 18.9. The van der Waals surface area contributed by atoms with Crippen molar-refractivity contribution in [2.24, 2.45) is 5.10 Å². The van der Waals surface area contributed by atoms with Crippen LogP contribution in [-0.4, -0.2) is 33.9 Å². The van der Waals surface area contributed by atoms with E-state index in [2.05, 4.69) is 20.5 Å². The van der Waals surface area contributed by atoms with E-state index in [9.17, 15) is 14.4 Å². The third kappa shape index (κ3) is 4.41. The number of pyridine rings is 1. The Labute approximate surface area is 217 Å². The van der Waals surface area contributed by atoms with E-state index in [0.717, 1.165) is 14.6 Å². The van der Waals surface area contributed by atoms with Gasteiger partial charge in [0.05, 0.1) is 38.8 Å². The summed E-state index contributed by atoms with van der Waals surface area (Å²) in [4.78, 5) is 47.4. The second kappa shape index (κ2) is 9.45. The lowest BCUT2D eigenvalue weighted by molar-refractivity contribution is 0.0922. The lowest BCUT2D eigenvalue weighted by Crippen LogP contribution is -2.29. The maximum atomic E-state index is 12.8. The SMILES string of the molecule is O=C(N/N=C/c1ccc(Sc2nc3ccc(N4C(=O)c5ccccc5C4=O)cc3s2)o1)c1cccnc1. The first-order valence-corrected chi connectivity index (χ1v) is 12.6. The van der Waals surface area contributed by atoms with Crippen molar-refractivity contribution in [2.45, 2.75) is 9.43 Å². The minimum absolute atomic E-state index is 0.333. The van der Waals surface area contributed by atoms with Crippen LogP contribution >= 0.6 is 23.1 Å². The fourth-order valence-electron chi connectivity index (χ4n) is 3.76. The zero-order chi connectivity index (χ0) is 25.4. The molecule has 0 saturated heterocycles. The number of hydrogen-bond donors (Lipinski definition) is 1. The summed E-state index contributed by atoms with van der Waals surface area (Å²) >= 11 is 2.76. The van der Waals surface area contributed by atoms with E-state index < -0.39 is 0 Å². The van der Waals surface area contributed by atoms with Crippen LogP contribution in [0.25, 0.3) is 10.2 Å². The van der Waals surface area contributed by atoms with Crippen LogP contribution in [0.5, 0.6) is 0 Å². The van der Waals surface area contributed by atoms with Gasteiger partial charge in [0.15, 0.2) is 9.43 Å². The zero-order valence-electron chi connectivity index (χ0n) is 18.8. The monoisotopic (exact) mass is 525 g/mol. The number of thiazole rings is 1. The minimum atomic E-state index is -0.374. The highest BCUT2D eigenvalue weighted by molar-refractivity contribution is 8.01. The summed E-state index contributed by atoms with van der Waals surface area (Å²) in [5.74, 6) is -0.579. The first kappa shape index (κ1) is 22.8. The largest absolute Gasteiger partial charge is 0.448 e. The van der Waals surface area contributed by atoms with Crippen LogP contribution in [0.4, 0.5) is 5.69 Å². The summed E-state index contributed by atoms with van der Waals surface area (Å²) in [5, 5.41) is 4.52. The van der Waals surface area contributed by atoms with Crippen molar-refractivity contribution in [3.05, 3.63) is 102 Å². The predicted molar refractivity (Wildman–Crippen MR) is 139 cm³/mol. The molecule has 1 N–H and O–H groups in total. The smallest absolute Gasteiger partial charge is 0.272 e. The average molecular weight is 526 g/mol. The van der Waals surface area contributed by atoms with Crippen molar-refractivity contribution in [1.29, 1.82) is 0 Å². The van der Waals surface area contributed by atoms with E-state index >= 15 is 0 Å². The van der Waals surface area contributed by atoms with Gasteiger partial charge in [-0.1, -0.05) is 12.1 Å². The van der Waals surface area contributed by atoms with Crippen molar-refractivity contribution in [1.82, 2.24) is 15.4 Å². The van der Waals surface area contributed by atoms with Gasteiger partial charge in [-0.3, -0.25) is 19.4 Å². The van der Waals surface area contributed by atoms with Gasteiger partial charge < -0.3 is 4.42 Å². The number of imide groups is 1. The Morgan fingerprint density at radius 3 is 2.59 bits per heavy atom. The maximum Gasteiger partial charge on any atom is 0.272 e. The number of hydrazone groups is 1. The number of amides is 3. The third-order valence-corrected chi connectivity index (χ3v) is 7.48. The number of aromatic nitrogens is 2. The molecule has 0 radical (unpaired) electrons. The molecule has 0 spiro atoms. The number of nitrogens with one attached hydrogen (secondary N) is 1. The molecule has 9 nitrogen and oxygen atoms in total. The fraction of sp³-hybridized carbons (Fsp3) is 0. The Morgan fingerprint density at radius 2 is 1.84 bits per heavy atom. The van der Waals surface area contributed by atoms with Crippen LogP contribution in [0.15, 0.2) is 98.1 Å². The van der Waals surface area contributed by atoms with Gasteiger partial charge in [0.25, 0.3) is 17.7 Å². The Hall–Kier alpha value is -4.61. The van der Waals surface area contributed by atoms with E-state index in [1.165, 1.54) is 40.4 Å². The van der Waals surface area contributed by atoms with E-state index in [0.29, 0.717) is 33.2 Å². The van der Waals surface area contributed by atoms with Gasteiger partial charge in [-0.2, -0.15) is 5.10 Å². The number of carbonyl (C=O) groups is 3. The summed E-state index contributed by atoms with van der Waals surface area (Å²) in [7, 11) is 0. The molecule has 0 saturated carbocycles. The summed E-state index contributed by atoms with van der Waals surface area (Å²) in [6.07, 6.45) is 4.44. The molecule has 1 aliphatic rings. The highest BCUT2D eigenvalue weighted by Crippen LogP contribution is 2.37. The van der Waals surface area contributed by atoms with Crippen LogP contribution in [0, 0.1) is 0 Å². The Kier molecular flexibility index (Phi) is 5.83. The number of carbonyl (C=O) groups excluding carboxylic acids is 3. The van der Waals surface area contributed by atoms with E-state index in [1.54, 1.807) is 72.9 Å². The van der Waals surface area contributed by atoms with Gasteiger partial charge in [0.2, 0.25) is 0 Å². The van der Waals surface area contributed by atoms with Crippen LogP contribution in [0.1, 0.15) is 36.8 Å². The molecule has 180 valence electrons. The normalized spacial score (nSPS) is 13.0. The molecule has 0 bridgehead atoms. The highest BCUT2D eigenvalue weighted by atomic mass is 32.2. The fourth-order valence-corrected chi connectivity index (χ4v) is 5.76. The van der Waals surface area contributed by atoms with Crippen molar-refractivity contribution < 1.29 is 18.8 Å². The molecule has 0 aliphatic carbocycles. The number of benzene rings is 2. The number of nitrogens with zero attached hydrogens (tertiary/aromatic N) is 4. The zero-order valence-corrected chi connectivity index (χ0v) is 20.5. The number of furan rings is 1. The van der Waals surface area contributed by atoms with E-state index in [4.69, 9.17) is 4.42 Å². The van der Waals surface area contributed by atoms with Crippen LogP contribution in [-0.2, 0) is 0 Å². The summed E-state index contributed by atoms with van der Waals surface area (Å²) in [5.41, 5.74) is 4.89. The van der Waals surface area contributed by atoms with E-state index in [1.807, 2.05) is 0 Å². The summed E-state index contributed by atoms with van der Waals surface area (Å²) < 4.78 is 7.33. The molecule has 5 aromatic rings. The van der Waals surface area contributed by atoms with Gasteiger partial charge in [-0.05, 0) is 66.4 Å². The Bertz CT molecular complexity index is 1680. The van der Waals surface area contributed by atoms with Gasteiger partial charge in [0, 0.05) is 12.4 Å². The topological polar surface area (TPSA) is 118 Å². The van der Waals surface area contributed by atoms with Crippen LogP contribution in [0.2, 0.25) is 0 Å². The van der Waals surface area contributed by atoms with Gasteiger partial charge >= 0.3 is 0 Å². The Balaban J connectivity index is 1.15. The van der Waals surface area contributed by atoms with Gasteiger partial charge in [-0.25, -0.2) is 15.3 Å². The second-order valence-corrected chi connectivity index (χ2v) is 10.1. The lowest BCUT2D eigenvalue weighted by atomic mass is 10.1. The molecule has 0 unspecified atom stereocenters. The first-order valence-electron chi connectivity index (χ1n) is 11.0. The number of anilines is 1. The third-order valence-electron chi connectivity index (χ3n) is 5.48. The maximum absolute atomic E-state index is 12.8. The first-order chi connectivity index (χ1) is 18.1. The quantitative estimate of drug-likeness (QED) is 0.188. The molecular weight excluding hydrogens is 510 g/mol. The molecule has 2 aromatic carbocycles. The van der Waals surface area contributed by atoms with Crippen molar-refractivity contribution in [2.75, 3.05) is 4.90 Å².